The van der Waals surface area contributed by atoms with Crippen LogP contribution in [0.2, 0.25) is 0 Å². The molecular formula is C13H19FN4O3S. The van der Waals surface area contributed by atoms with E-state index in [0.717, 1.165) is 12.4 Å². The van der Waals surface area contributed by atoms with Crippen molar-refractivity contribution in [2.45, 2.75) is 18.4 Å². The first-order chi connectivity index (χ1) is 10.4. The van der Waals surface area contributed by atoms with Gasteiger partial charge in [-0.15, -0.1) is 0 Å². The maximum absolute atomic E-state index is 12.9. The van der Waals surface area contributed by atoms with Crippen LogP contribution in [-0.2, 0) is 14.8 Å². The van der Waals surface area contributed by atoms with E-state index in [4.69, 9.17) is 4.74 Å². The van der Waals surface area contributed by atoms with Crippen molar-refractivity contribution in [2.24, 2.45) is 0 Å². The van der Waals surface area contributed by atoms with Gasteiger partial charge in [0.15, 0.2) is 5.82 Å². The Kier molecular flexibility index (Phi) is 4.04. The predicted octanol–water partition coefficient (Wildman–Crippen LogP) is 0.247. The summed E-state index contributed by atoms with van der Waals surface area (Å²) >= 11 is 0. The molecule has 2 fully saturated rings. The molecule has 0 amide bonds. The molecule has 0 saturated carbocycles. The topological polar surface area (TPSA) is 75.6 Å². The second-order valence-corrected chi connectivity index (χ2v) is 7.80. The summed E-state index contributed by atoms with van der Waals surface area (Å²) in [7, 11) is -3.15. The molecule has 22 heavy (non-hydrogen) atoms. The minimum absolute atomic E-state index is 0.378. The van der Waals surface area contributed by atoms with Gasteiger partial charge in [0.05, 0.1) is 37.4 Å². The summed E-state index contributed by atoms with van der Waals surface area (Å²) in [5, 5.41) is 0. The Hall–Kier alpha value is -1.32. The lowest BCUT2D eigenvalue weighted by Crippen LogP contribution is -2.57. The first-order valence-electron chi connectivity index (χ1n) is 7.20. The highest BCUT2D eigenvalue weighted by Gasteiger charge is 2.41. The first kappa shape index (κ1) is 15.6. The number of morpholine rings is 1. The van der Waals surface area contributed by atoms with E-state index in [1.807, 2.05) is 4.90 Å². The van der Waals surface area contributed by atoms with Crippen molar-refractivity contribution in [2.75, 3.05) is 43.9 Å². The van der Waals surface area contributed by atoms with Gasteiger partial charge in [0.1, 0.15) is 0 Å². The van der Waals surface area contributed by atoms with Gasteiger partial charge in [0.2, 0.25) is 16.0 Å². The zero-order valence-electron chi connectivity index (χ0n) is 12.4. The summed E-state index contributed by atoms with van der Waals surface area (Å²) in [6.07, 6.45) is 4.80. The monoisotopic (exact) mass is 330 g/mol. The van der Waals surface area contributed by atoms with E-state index in [-0.39, 0.29) is 5.60 Å². The van der Waals surface area contributed by atoms with Crippen molar-refractivity contribution < 1.29 is 17.5 Å². The highest BCUT2D eigenvalue weighted by Crippen LogP contribution is 2.31. The lowest BCUT2D eigenvalue weighted by molar-refractivity contribution is -0.0828. The summed E-state index contributed by atoms with van der Waals surface area (Å²) in [6.45, 7) is 2.67. The van der Waals surface area contributed by atoms with Crippen LogP contribution in [0.15, 0.2) is 12.4 Å². The van der Waals surface area contributed by atoms with Gasteiger partial charge in [-0.3, -0.25) is 0 Å². The molecule has 0 aromatic carbocycles. The molecule has 122 valence electrons. The fourth-order valence-corrected chi connectivity index (χ4v) is 3.86. The molecule has 2 aliphatic rings. The minimum atomic E-state index is -3.15. The second kappa shape index (κ2) is 5.71. The van der Waals surface area contributed by atoms with Crippen molar-refractivity contribution in [1.29, 1.82) is 0 Å². The molecule has 0 unspecified atom stereocenters. The zero-order chi connectivity index (χ0) is 15.8. The molecule has 0 atom stereocenters. The van der Waals surface area contributed by atoms with Crippen LogP contribution < -0.4 is 4.90 Å². The fraction of sp³-hybridized carbons (Fsp3) is 0.692. The predicted molar refractivity (Wildman–Crippen MR) is 78.5 cm³/mol. The third kappa shape index (κ3) is 3.21. The van der Waals surface area contributed by atoms with Crippen LogP contribution in [0.1, 0.15) is 12.8 Å². The van der Waals surface area contributed by atoms with E-state index in [1.54, 1.807) is 0 Å². The largest absolute Gasteiger partial charge is 0.371 e. The van der Waals surface area contributed by atoms with E-state index in [1.165, 1.54) is 10.6 Å². The van der Waals surface area contributed by atoms with Crippen LogP contribution in [0.5, 0.6) is 0 Å². The average molecular weight is 330 g/mol. The summed E-state index contributed by atoms with van der Waals surface area (Å²) < 4.78 is 43.5. The molecule has 0 bridgehead atoms. The molecule has 1 spiro atoms. The number of halogens is 1. The van der Waals surface area contributed by atoms with Gasteiger partial charge in [-0.2, -0.15) is 0 Å². The van der Waals surface area contributed by atoms with Gasteiger partial charge < -0.3 is 9.64 Å². The van der Waals surface area contributed by atoms with Crippen LogP contribution >= 0.6 is 0 Å². The molecule has 0 radical (unpaired) electrons. The summed E-state index contributed by atoms with van der Waals surface area (Å²) in [5.41, 5.74) is -0.378. The standard InChI is InChI=1S/C13H19FN4O3S/c1-22(19,20)18-4-2-13(3-5-18)10-17(6-7-21-13)12-15-8-11(14)9-16-12/h8-9H,2-7,10H2,1H3. The van der Waals surface area contributed by atoms with E-state index in [0.29, 0.717) is 51.6 Å². The summed E-state index contributed by atoms with van der Waals surface area (Å²) in [5.74, 6) is 0.0165. The van der Waals surface area contributed by atoms with Crippen LogP contribution in [0, 0.1) is 5.82 Å². The van der Waals surface area contributed by atoms with E-state index >= 15 is 0 Å². The normalized spacial score (nSPS) is 22.9. The van der Waals surface area contributed by atoms with Gasteiger partial charge in [-0.05, 0) is 12.8 Å². The van der Waals surface area contributed by atoms with Gasteiger partial charge in [0.25, 0.3) is 0 Å². The first-order valence-corrected chi connectivity index (χ1v) is 9.04. The number of ether oxygens (including phenoxy) is 1. The molecule has 2 aliphatic heterocycles. The Morgan fingerprint density at radius 2 is 1.86 bits per heavy atom. The zero-order valence-corrected chi connectivity index (χ0v) is 13.2. The molecular weight excluding hydrogens is 311 g/mol. The van der Waals surface area contributed by atoms with Crippen molar-refractivity contribution in [3.63, 3.8) is 0 Å². The van der Waals surface area contributed by atoms with Crippen molar-refractivity contribution in [3.05, 3.63) is 18.2 Å². The quantitative estimate of drug-likeness (QED) is 0.774. The van der Waals surface area contributed by atoms with Crippen molar-refractivity contribution in [1.82, 2.24) is 14.3 Å². The van der Waals surface area contributed by atoms with Gasteiger partial charge >= 0.3 is 0 Å². The molecule has 1 aromatic rings. The third-order valence-electron chi connectivity index (χ3n) is 4.24. The van der Waals surface area contributed by atoms with E-state index in [9.17, 15) is 12.8 Å². The smallest absolute Gasteiger partial charge is 0.225 e. The number of nitrogens with zero attached hydrogens (tertiary/aromatic N) is 4. The van der Waals surface area contributed by atoms with Crippen LogP contribution in [0.25, 0.3) is 0 Å². The Bertz CT molecular complexity index is 629. The molecule has 0 aliphatic carbocycles. The van der Waals surface area contributed by atoms with Crippen molar-refractivity contribution in [3.8, 4) is 0 Å². The van der Waals surface area contributed by atoms with Gasteiger partial charge in [-0.25, -0.2) is 27.1 Å². The number of rotatable bonds is 2. The Labute approximate surface area is 129 Å². The second-order valence-electron chi connectivity index (χ2n) is 5.82. The molecule has 2 saturated heterocycles. The molecule has 0 N–H and O–H groups in total. The highest BCUT2D eigenvalue weighted by atomic mass is 32.2. The SMILES string of the molecule is CS(=O)(=O)N1CCC2(CC1)CN(c1ncc(F)cn1)CCO2. The molecule has 9 heteroatoms. The minimum Gasteiger partial charge on any atom is -0.371 e. The number of aromatic nitrogens is 2. The van der Waals surface area contributed by atoms with Gasteiger partial charge in [-0.1, -0.05) is 0 Å². The Morgan fingerprint density at radius 3 is 2.45 bits per heavy atom. The average Bonchev–Trinajstić information content (AvgIpc) is 2.47. The lowest BCUT2D eigenvalue weighted by Gasteiger charge is -2.46. The number of hydrogen-bond acceptors (Lipinski definition) is 6. The summed E-state index contributed by atoms with van der Waals surface area (Å²) in [4.78, 5) is 10.00. The summed E-state index contributed by atoms with van der Waals surface area (Å²) in [6, 6.07) is 0. The molecule has 7 nitrogen and oxygen atoms in total. The number of piperidine rings is 1. The highest BCUT2D eigenvalue weighted by molar-refractivity contribution is 7.88. The Balaban J connectivity index is 1.70. The van der Waals surface area contributed by atoms with Crippen LogP contribution in [0.3, 0.4) is 0 Å². The molecule has 3 rings (SSSR count). The number of sulfonamides is 1. The maximum Gasteiger partial charge on any atom is 0.225 e. The van der Waals surface area contributed by atoms with Gasteiger partial charge in [0, 0.05) is 19.6 Å². The van der Waals surface area contributed by atoms with Crippen LogP contribution in [0.4, 0.5) is 10.3 Å². The fourth-order valence-electron chi connectivity index (χ4n) is 3.01. The number of anilines is 1. The lowest BCUT2D eigenvalue weighted by atomic mass is 9.90. The maximum atomic E-state index is 12.9. The molecule has 3 heterocycles. The van der Waals surface area contributed by atoms with Crippen LogP contribution in [-0.4, -0.2) is 67.3 Å². The van der Waals surface area contributed by atoms with Crippen molar-refractivity contribution >= 4 is 16.0 Å². The van der Waals surface area contributed by atoms with E-state index in [2.05, 4.69) is 9.97 Å². The number of hydrogen-bond donors (Lipinski definition) is 0. The third-order valence-corrected chi connectivity index (χ3v) is 5.54. The molecule has 1 aromatic heterocycles. The Morgan fingerprint density at radius 1 is 1.23 bits per heavy atom. The van der Waals surface area contributed by atoms with E-state index < -0.39 is 15.8 Å².